The third kappa shape index (κ3) is 3.37. The van der Waals surface area contributed by atoms with Gasteiger partial charge in [0.2, 0.25) is 5.91 Å². The first kappa shape index (κ1) is 15.8. The first-order chi connectivity index (χ1) is 11.7. The van der Waals surface area contributed by atoms with Crippen LogP contribution in [0.5, 0.6) is 0 Å². The third-order valence-corrected chi connectivity index (χ3v) is 6.32. The number of tetrazole rings is 1. The minimum atomic E-state index is 0.0201. The Labute approximate surface area is 143 Å². The molecule has 3 aliphatic rings. The topological polar surface area (TPSA) is 72.7 Å². The van der Waals surface area contributed by atoms with Crippen LogP contribution in [-0.4, -0.2) is 32.7 Å². The average Bonchev–Trinajstić information content (AvgIpc) is 3.31. The van der Waals surface area contributed by atoms with Gasteiger partial charge in [-0.1, -0.05) is 31.4 Å². The number of fused-ring (bicyclic) bond motifs is 2. The van der Waals surface area contributed by atoms with Gasteiger partial charge in [-0.25, -0.2) is 4.68 Å². The van der Waals surface area contributed by atoms with Gasteiger partial charge in [-0.15, -0.1) is 5.10 Å². The van der Waals surface area contributed by atoms with E-state index in [0.29, 0.717) is 18.3 Å². The lowest BCUT2D eigenvalue weighted by Gasteiger charge is -2.36. The molecule has 0 radical (unpaired) electrons. The zero-order valence-electron chi connectivity index (χ0n) is 14.2. The molecule has 2 bridgehead atoms. The predicted octanol–water partition coefficient (Wildman–Crippen LogP) is 2.34. The van der Waals surface area contributed by atoms with Crippen molar-refractivity contribution in [3.63, 3.8) is 0 Å². The molecule has 0 aromatic carbocycles. The SMILES string of the molecule is O=C(CC1(Cn2cnnn2)CCCCC1)NCC1CC2C=CC1C2. The van der Waals surface area contributed by atoms with Crippen LogP contribution in [0, 0.1) is 23.2 Å². The van der Waals surface area contributed by atoms with E-state index in [1.807, 2.05) is 0 Å². The molecule has 24 heavy (non-hydrogen) atoms. The molecule has 6 heteroatoms. The second kappa shape index (κ2) is 6.65. The maximum absolute atomic E-state index is 12.6. The van der Waals surface area contributed by atoms with Crippen molar-refractivity contribution in [2.75, 3.05) is 6.54 Å². The number of nitrogens with one attached hydrogen (secondary N) is 1. The standard InChI is InChI=1S/C18H27N5O/c24-17(19-11-16-9-14-4-5-15(16)8-14)10-18(6-2-1-3-7-18)12-23-13-20-21-22-23/h4-5,13-16H,1-3,6-12H2,(H,19,24). The lowest BCUT2D eigenvalue weighted by molar-refractivity contribution is -0.124. The normalized spacial score (nSPS) is 30.6. The zero-order chi connectivity index (χ0) is 16.4. The molecule has 0 aliphatic heterocycles. The van der Waals surface area contributed by atoms with Gasteiger partial charge in [0, 0.05) is 13.0 Å². The first-order valence-electron chi connectivity index (χ1n) is 9.38. The van der Waals surface area contributed by atoms with Crippen molar-refractivity contribution in [3.05, 3.63) is 18.5 Å². The highest BCUT2D eigenvalue weighted by Crippen LogP contribution is 2.43. The molecule has 1 heterocycles. The molecule has 3 atom stereocenters. The Morgan fingerprint density at radius 1 is 1.21 bits per heavy atom. The smallest absolute Gasteiger partial charge is 0.220 e. The maximum Gasteiger partial charge on any atom is 0.220 e. The number of hydrogen-bond acceptors (Lipinski definition) is 4. The van der Waals surface area contributed by atoms with Crippen LogP contribution in [0.25, 0.3) is 0 Å². The molecule has 0 spiro atoms. The van der Waals surface area contributed by atoms with Gasteiger partial charge in [-0.3, -0.25) is 4.79 Å². The summed E-state index contributed by atoms with van der Waals surface area (Å²) in [7, 11) is 0. The number of hydrogen-bond donors (Lipinski definition) is 1. The van der Waals surface area contributed by atoms with Gasteiger partial charge >= 0.3 is 0 Å². The predicted molar refractivity (Wildman–Crippen MR) is 89.8 cm³/mol. The molecular weight excluding hydrogens is 302 g/mol. The van der Waals surface area contributed by atoms with E-state index in [-0.39, 0.29) is 11.3 Å². The maximum atomic E-state index is 12.6. The van der Waals surface area contributed by atoms with Crippen molar-refractivity contribution >= 4 is 5.91 Å². The summed E-state index contributed by atoms with van der Waals surface area (Å²) in [6, 6.07) is 0. The Hall–Kier alpha value is -1.72. The fraction of sp³-hybridized carbons (Fsp3) is 0.778. The highest BCUT2D eigenvalue weighted by Gasteiger charge is 2.37. The molecule has 0 saturated heterocycles. The minimum absolute atomic E-state index is 0.0201. The quantitative estimate of drug-likeness (QED) is 0.813. The van der Waals surface area contributed by atoms with Gasteiger partial charge in [0.15, 0.2) is 0 Å². The summed E-state index contributed by atoms with van der Waals surface area (Å²) < 4.78 is 1.79. The van der Waals surface area contributed by atoms with E-state index in [9.17, 15) is 4.79 Å². The molecule has 3 aliphatic carbocycles. The van der Waals surface area contributed by atoms with Crippen molar-refractivity contribution in [2.45, 2.75) is 57.9 Å². The Kier molecular flexibility index (Phi) is 4.37. The largest absolute Gasteiger partial charge is 0.356 e. The number of rotatable bonds is 6. The number of aromatic nitrogens is 4. The average molecular weight is 329 g/mol. The molecule has 1 aromatic rings. The fourth-order valence-corrected chi connectivity index (χ4v) is 5.07. The Morgan fingerprint density at radius 2 is 2.08 bits per heavy atom. The molecule has 1 aromatic heterocycles. The summed E-state index contributed by atoms with van der Waals surface area (Å²) in [4.78, 5) is 12.6. The zero-order valence-corrected chi connectivity index (χ0v) is 14.2. The summed E-state index contributed by atoms with van der Waals surface area (Å²) in [5, 5.41) is 14.7. The lowest BCUT2D eigenvalue weighted by Crippen LogP contribution is -2.38. The van der Waals surface area contributed by atoms with Gasteiger partial charge < -0.3 is 5.32 Å². The van der Waals surface area contributed by atoms with Crippen LogP contribution in [0.3, 0.4) is 0 Å². The Morgan fingerprint density at radius 3 is 2.75 bits per heavy atom. The van der Waals surface area contributed by atoms with Gasteiger partial charge in [0.05, 0.1) is 6.54 Å². The molecule has 1 amide bonds. The van der Waals surface area contributed by atoms with E-state index >= 15 is 0 Å². The van der Waals surface area contributed by atoms with E-state index in [0.717, 1.165) is 31.8 Å². The molecule has 130 valence electrons. The van der Waals surface area contributed by atoms with Crippen molar-refractivity contribution in [2.24, 2.45) is 23.2 Å². The third-order valence-electron chi connectivity index (χ3n) is 6.32. The Bertz CT molecular complexity index is 591. The summed E-state index contributed by atoms with van der Waals surface area (Å²) >= 11 is 0. The van der Waals surface area contributed by atoms with Gasteiger partial charge in [0.25, 0.3) is 0 Å². The van der Waals surface area contributed by atoms with Gasteiger partial charge in [-0.05, 0) is 59.3 Å². The molecule has 4 rings (SSSR count). The lowest BCUT2D eigenvalue weighted by atomic mass is 9.71. The molecule has 6 nitrogen and oxygen atoms in total. The number of nitrogens with zero attached hydrogens (tertiary/aromatic N) is 4. The van der Waals surface area contributed by atoms with Crippen molar-refractivity contribution in [1.82, 2.24) is 25.5 Å². The van der Waals surface area contributed by atoms with Crippen LogP contribution >= 0.6 is 0 Å². The monoisotopic (exact) mass is 329 g/mol. The van der Waals surface area contributed by atoms with E-state index < -0.39 is 0 Å². The van der Waals surface area contributed by atoms with Crippen LogP contribution in [-0.2, 0) is 11.3 Å². The summed E-state index contributed by atoms with van der Waals surface area (Å²) in [5.41, 5.74) is 0.0201. The minimum Gasteiger partial charge on any atom is -0.356 e. The first-order valence-corrected chi connectivity index (χ1v) is 9.38. The molecule has 3 unspecified atom stereocenters. The van der Waals surface area contributed by atoms with Crippen LogP contribution in [0.2, 0.25) is 0 Å². The van der Waals surface area contributed by atoms with Crippen LogP contribution < -0.4 is 5.32 Å². The van der Waals surface area contributed by atoms with Crippen LogP contribution in [0.1, 0.15) is 51.4 Å². The summed E-state index contributed by atoms with van der Waals surface area (Å²) in [5.74, 6) is 2.31. The van der Waals surface area contributed by atoms with Crippen molar-refractivity contribution in [1.29, 1.82) is 0 Å². The van der Waals surface area contributed by atoms with E-state index in [2.05, 4.69) is 33.0 Å². The van der Waals surface area contributed by atoms with Crippen LogP contribution in [0.15, 0.2) is 18.5 Å². The number of allylic oxidation sites excluding steroid dienone is 2. The van der Waals surface area contributed by atoms with Crippen LogP contribution in [0.4, 0.5) is 0 Å². The second-order valence-corrected chi connectivity index (χ2v) is 8.09. The fourth-order valence-electron chi connectivity index (χ4n) is 5.07. The van der Waals surface area contributed by atoms with E-state index in [1.54, 1.807) is 11.0 Å². The molecule has 2 fully saturated rings. The highest BCUT2D eigenvalue weighted by molar-refractivity contribution is 5.76. The molecular formula is C18H27N5O. The summed E-state index contributed by atoms with van der Waals surface area (Å²) in [6.07, 6.45) is 15.4. The van der Waals surface area contributed by atoms with Gasteiger partial charge in [-0.2, -0.15) is 0 Å². The van der Waals surface area contributed by atoms with Crippen molar-refractivity contribution < 1.29 is 4.79 Å². The molecule has 1 N–H and O–H groups in total. The number of carbonyl (C=O) groups excluding carboxylic acids is 1. The molecule has 2 saturated carbocycles. The Balaban J connectivity index is 1.33. The van der Waals surface area contributed by atoms with E-state index in [4.69, 9.17) is 0 Å². The second-order valence-electron chi connectivity index (χ2n) is 8.09. The van der Waals surface area contributed by atoms with E-state index in [1.165, 1.54) is 32.1 Å². The highest BCUT2D eigenvalue weighted by atomic mass is 16.1. The number of carbonyl (C=O) groups is 1. The summed E-state index contributed by atoms with van der Waals surface area (Å²) in [6.45, 7) is 1.59. The van der Waals surface area contributed by atoms with Gasteiger partial charge in [0.1, 0.15) is 6.33 Å². The number of amides is 1. The van der Waals surface area contributed by atoms with Crippen molar-refractivity contribution in [3.8, 4) is 0 Å².